The third-order valence-electron chi connectivity index (χ3n) is 3.74. The molecule has 0 saturated heterocycles. The number of anilines is 1. The predicted molar refractivity (Wildman–Crippen MR) is 84.2 cm³/mol. The molecular formula is C15H15F3N4OS. The number of thioether (sulfide) groups is 1. The largest absolute Gasteiger partial charge is 0.420 e. The van der Waals surface area contributed by atoms with Crippen LogP contribution < -0.4 is 5.32 Å². The Hall–Kier alpha value is -2.03. The number of hydrogen-bond acceptors (Lipinski definition) is 4. The molecule has 1 aliphatic rings. The highest BCUT2D eigenvalue weighted by molar-refractivity contribution is 7.98. The zero-order valence-corrected chi connectivity index (χ0v) is 13.8. The average molecular weight is 356 g/mol. The first-order valence-corrected chi connectivity index (χ1v) is 8.49. The number of amides is 1. The van der Waals surface area contributed by atoms with E-state index in [1.54, 1.807) is 6.07 Å². The molecule has 0 bridgehead atoms. The Morgan fingerprint density at radius 2 is 2.12 bits per heavy atom. The van der Waals surface area contributed by atoms with Crippen molar-refractivity contribution in [2.45, 2.75) is 30.0 Å². The fourth-order valence-corrected chi connectivity index (χ4v) is 2.93. The van der Waals surface area contributed by atoms with E-state index in [1.165, 1.54) is 31.1 Å². The first kappa shape index (κ1) is 16.8. The van der Waals surface area contributed by atoms with Crippen LogP contribution in [0, 0.1) is 0 Å². The van der Waals surface area contributed by atoms with Gasteiger partial charge in [-0.2, -0.15) is 18.3 Å². The molecule has 0 atom stereocenters. The van der Waals surface area contributed by atoms with E-state index in [9.17, 15) is 18.0 Å². The highest BCUT2D eigenvalue weighted by Crippen LogP contribution is 2.46. The maximum atomic E-state index is 13.5. The summed E-state index contributed by atoms with van der Waals surface area (Å²) < 4.78 is 41.5. The Morgan fingerprint density at radius 1 is 1.42 bits per heavy atom. The van der Waals surface area contributed by atoms with Crippen LogP contribution in [0.4, 0.5) is 18.9 Å². The number of alkyl halides is 3. The third kappa shape index (κ3) is 3.26. The Bertz CT molecular complexity index is 784. The van der Waals surface area contributed by atoms with Crippen LogP contribution in [-0.2, 0) is 13.2 Å². The van der Waals surface area contributed by atoms with E-state index in [4.69, 9.17) is 0 Å². The molecule has 0 aliphatic heterocycles. The first-order valence-electron chi connectivity index (χ1n) is 7.26. The summed E-state index contributed by atoms with van der Waals surface area (Å²) >= 11 is 1.37. The smallest absolute Gasteiger partial charge is 0.321 e. The molecule has 5 nitrogen and oxygen atoms in total. The summed E-state index contributed by atoms with van der Waals surface area (Å²) in [5.74, 6) is -1.04. The number of nitrogens with one attached hydrogen (secondary N) is 1. The maximum Gasteiger partial charge on any atom is 0.420 e. The van der Waals surface area contributed by atoms with Gasteiger partial charge in [0.05, 0.1) is 10.7 Å². The molecule has 1 amide bonds. The van der Waals surface area contributed by atoms with Crippen LogP contribution in [0.3, 0.4) is 0 Å². The molecule has 24 heavy (non-hydrogen) atoms. The van der Waals surface area contributed by atoms with Crippen LogP contribution >= 0.6 is 11.8 Å². The van der Waals surface area contributed by atoms with Gasteiger partial charge >= 0.3 is 6.18 Å². The lowest BCUT2D eigenvalue weighted by Crippen LogP contribution is -2.21. The van der Waals surface area contributed by atoms with Gasteiger partial charge in [-0.15, -0.1) is 11.8 Å². The molecule has 0 aromatic carbocycles. The molecule has 0 unspecified atom stereocenters. The summed E-state index contributed by atoms with van der Waals surface area (Å²) in [6, 6.07) is 3.14. The molecule has 1 N–H and O–H groups in total. The van der Waals surface area contributed by atoms with Gasteiger partial charge < -0.3 is 5.32 Å². The fourth-order valence-electron chi connectivity index (χ4n) is 2.52. The maximum absolute atomic E-state index is 13.5. The average Bonchev–Trinajstić information content (AvgIpc) is 3.29. The van der Waals surface area contributed by atoms with Crippen molar-refractivity contribution in [3.63, 3.8) is 0 Å². The van der Waals surface area contributed by atoms with E-state index in [1.807, 2.05) is 6.26 Å². The summed E-state index contributed by atoms with van der Waals surface area (Å²) in [4.78, 5) is 16.5. The van der Waals surface area contributed by atoms with Crippen LogP contribution in [-0.4, -0.2) is 26.9 Å². The molecule has 0 spiro atoms. The van der Waals surface area contributed by atoms with Crippen molar-refractivity contribution < 1.29 is 18.0 Å². The minimum absolute atomic E-state index is 0.0327. The van der Waals surface area contributed by atoms with Crippen molar-refractivity contribution in [1.82, 2.24) is 14.8 Å². The molecule has 1 saturated carbocycles. The second kappa shape index (κ2) is 6.12. The number of aromatic nitrogens is 3. The number of rotatable bonds is 4. The Balaban J connectivity index is 1.97. The van der Waals surface area contributed by atoms with Gasteiger partial charge in [0.1, 0.15) is 11.3 Å². The molecule has 128 valence electrons. The molecule has 2 aromatic rings. The second-order valence-corrected chi connectivity index (χ2v) is 6.37. The van der Waals surface area contributed by atoms with Crippen molar-refractivity contribution in [2.75, 3.05) is 11.6 Å². The van der Waals surface area contributed by atoms with E-state index in [0.29, 0.717) is 23.6 Å². The summed E-state index contributed by atoms with van der Waals surface area (Å²) in [5, 5.41) is 7.12. The van der Waals surface area contributed by atoms with Crippen molar-refractivity contribution in [2.24, 2.45) is 7.05 Å². The van der Waals surface area contributed by atoms with Crippen molar-refractivity contribution in [3.05, 3.63) is 35.3 Å². The standard InChI is InChI=1S/C15H15F3N4OS/c1-22-13(11(15(16,17)18)12(21-22)8-3-4-8)14(23)20-9-5-6-19-10(7-9)24-2/h5-8H,3-4H2,1-2H3,(H,19,20,23). The summed E-state index contributed by atoms with van der Waals surface area (Å²) in [6.45, 7) is 0. The molecule has 1 aliphatic carbocycles. The second-order valence-electron chi connectivity index (χ2n) is 5.55. The number of aryl methyl sites for hydroxylation is 1. The van der Waals surface area contributed by atoms with E-state index < -0.39 is 23.3 Å². The van der Waals surface area contributed by atoms with Gasteiger partial charge in [0.2, 0.25) is 0 Å². The van der Waals surface area contributed by atoms with Gasteiger partial charge in [0.15, 0.2) is 0 Å². The van der Waals surface area contributed by atoms with Crippen molar-refractivity contribution in [1.29, 1.82) is 0 Å². The summed E-state index contributed by atoms with van der Waals surface area (Å²) in [7, 11) is 1.36. The lowest BCUT2D eigenvalue weighted by molar-refractivity contribution is -0.138. The third-order valence-corrected chi connectivity index (χ3v) is 4.38. The molecule has 3 rings (SSSR count). The minimum atomic E-state index is -4.62. The van der Waals surface area contributed by atoms with Crippen molar-refractivity contribution in [3.8, 4) is 0 Å². The van der Waals surface area contributed by atoms with Crippen LogP contribution in [0.5, 0.6) is 0 Å². The highest BCUT2D eigenvalue weighted by Gasteiger charge is 2.45. The molecular weight excluding hydrogens is 341 g/mol. The lowest BCUT2D eigenvalue weighted by Gasteiger charge is -2.11. The molecule has 0 radical (unpaired) electrons. The number of nitrogens with zero attached hydrogens (tertiary/aromatic N) is 3. The molecule has 9 heteroatoms. The van der Waals surface area contributed by atoms with Gasteiger partial charge in [-0.25, -0.2) is 4.98 Å². The first-order chi connectivity index (χ1) is 11.3. The zero-order chi connectivity index (χ0) is 17.5. The van der Waals surface area contributed by atoms with E-state index in [2.05, 4.69) is 15.4 Å². The lowest BCUT2D eigenvalue weighted by atomic mass is 10.1. The Morgan fingerprint density at radius 3 is 2.71 bits per heavy atom. The van der Waals surface area contributed by atoms with Crippen LogP contribution in [0.25, 0.3) is 0 Å². The van der Waals surface area contributed by atoms with Crippen molar-refractivity contribution >= 4 is 23.4 Å². The number of carbonyl (C=O) groups is 1. The molecule has 2 aromatic heterocycles. The van der Waals surface area contributed by atoms with Gasteiger partial charge in [-0.05, 0) is 31.2 Å². The predicted octanol–water partition coefficient (Wildman–Crippen LogP) is 3.69. The van der Waals surface area contributed by atoms with E-state index in [-0.39, 0.29) is 11.6 Å². The fraction of sp³-hybridized carbons (Fsp3) is 0.400. The molecule has 1 fully saturated rings. The van der Waals surface area contributed by atoms with E-state index in [0.717, 1.165) is 4.68 Å². The van der Waals surface area contributed by atoms with Gasteiger partial charge in [0, 0.05) is 24.8 Å². The van der Waals surface area contributed by atoms with E-state index >= 15 is 0 Å². The van der Waals surface area contributed by atoms with Gasteiger partial charge in [-0.1, -0.05) is 0 Å². The Labute approximate surface area is 140 Å². The minimum Gasteiger partial charge on any atom is -0.321 e. The van der Waals surface area contributed by atoms with Crippen LogP contribution in [0.1, 0.15) is 40.5 Å². The van der Waals surface area contributed by atoms with Gasteiger partial charge in [0.25, 0.3) is 5.91 Å². The summed E-state index contributed by atoms with van der Waals surface area (Å²) in [6.07, 6.45) is 0.0242. The number of pyridine rings is 1. The number of hydrogen-bond donors (Lipinski definition) is 1. The topological polar surface area (TPSA) is 59.8 Å². The number of halogens is 3. The number of carbonyl (C=O) groups excluding carboxylic acids is 1. The SMILES string of the molecule is CSc1cc(NC(=O)c2c(C(F)(F)F)c(C3CC3)nn2C)ccn1. The normalized spacial score (nSPS) is 14.7. The van der Waals surface area contributed by atoms with Gasteiger partial charge in [-0.3, -0.25) is 9.48 Å². The molecule has 2 heterocycles. The zero-order valence-electron chi connectivity index (χ0n) is 13.0. The Kier molecular flexibility index (Phi) is 4.29. The monoisotopic (exact) mass is 356 g/mol. The van der Waals surface area contributed by atoms with Crippen LogP contribution in [0.2, 0.25) is 0 Å². The van der Waals surface area contributed by atoms with Crippen LogP contribution in [0.15, 0.2) is 23.4 Å². The summed E-state index contributed by atoms with van der Waals surface area (Å²) in [5.41, 5.74) is -1.03. The quantitative estimate of drug-likeness (QED) is 0.849. The highest BCUT2D eigenvalue weighted by atomic mass is 32.2.